The monoisotopic (exact) mass is 543 g/mol. The summed E-state index contributed by atoms with van der Waals surface area (Å²) in [6.45, 7) is 6.68. The second-order valence-corrected chi connectivity index (χ2v) is 10.4. The third-order valence-electron chi connectivity index (χ3n) is 6.67. The number of nitrogens with one attached hydrogen (secondary N) is 1. The number of aromatic nitrogens is 4. The van der Waals surface area contributed by atoms with Gasteiger partial charge in [0.1, 0.15) is 18.3 Å². The Balaban J connectivity index is 1.34. The largest absolute Gasteiger partial charge is 0.458 e. The number of carbonyl (C=O) groups is 2. The van der Waals surface area contributed by atoms with Crippen LogP contribution in [-0.2, 0) is 25.6 Å². The Morgan fingerprint density at radius 2 is 2.11 bits per heavy atom. The lowest BCUT2D eigenvalue weighted by Crippen LogP contribution is -2.49. The first-order chi connectivity index (χ1) is 18.6. The Morgan fingerprint density at radius 1 is 1.24 bits per heavy atom. The molecule has 204 valence electrons. The van der Waals surface area contributed by atoms with Crippen LogP contribution in [0.1, 0.15) is 29.5 Å². The lowest BCUT2D eigenvalue weighted by Gasteiger charge is -2.34. The van der Waals surface area contributed by atoms with Crippen LogP contribution in [0, 0.1) is 6.92 Å². The molecule has 2 amide bonds. The number of ether oxygens (including phenoxy) is 2. The van der Waals surface area contributed by atoms with Crippen LogP contribution in [0.2, 0.25) is 0 Å². The zero-order chi connectivity index (χ0) is 26.3. The maximum Gasteiger partial charge on any atom is 0.248 e. The van der Waals surface area contributed by atoms with Crippen molar-refractivity contribution in [1.29, 1.82) is 0 Å². The zero-order valence-electron chi connectivity index (χ0n) is 21.5. The number of furan rings is 1. The Hall–Kier alpha value is -3.13. The molecule has 2 atom stereocenters. The maximum absolute atomic E-state index is 13.8. The summed E-state index contributed by atoms with van der Waals surface area (Å²) in [5, 5.41) is 17.4. The molecule has 13 heteroatoms. The summed E-state index contributed by atoms with van der Waals surface area (Å²) in [4.78, 5) is 33.3. The highest BCUT2D eigenvalue weighted by Gasteiger charge is 2.33. The van der Waals surface area contributed by atoms with Gasteiger partial charge in [0.05, 0.1) is 19.3 Å². The van der Waals surface area contributed by atoms with Gasteiger partial charge in [0.15, 0.2) is 5.76 Å². The molecule has 5 rings (SSSR count). The minimum absolute atomic E-state index is 0.00319. The molecule has 0 spiro atoms. The molecule has 2 saturated heterocycles. The van der Waals surface area contributed by atoms with Crippen molar-refractivity contribution in [2.75, 3.05) is 52.5 Å². The number of rotatable bonds is 11. The molecular weight excluding hydrogens is 510 g/mol. The van der Waals surface area contributed by atoms with E-state index in [0.717, 1.165) is 36.6 Å². The molecule has 0 saturated carbocycles. The molecule has 3 aromatic rings. The zero-order valence-corrected chi connectivity index (χ0v) is 22.3. The van der Waals surface area contributed by atoms with E-state index < -0.39 is 6.04 Å². The van der Waals surface area contributed by atoms with Gasteiger partial charge < -0.3 is 24.1 Å². The highest BCUT2D eigenvalue weighted by atomic mass is 32.1. The molecule has 38 heavy (non-hydrogen) atoms. The fourth-order valence-electron chi connectivity index (χ4n) is 4.63. The lowest BCUT2D eigenvalue weighted by atomic mass is 10.1. The van der Waals surface area contributed by atoms with Crippen LogP contribution in [0.15, 0.2) is 34.1 Å². The number of nitrogens with zero attached hydrogens (tertiary/aromatic N) is 6. The summed E-state index contributed by atoms with van der Waals surface area (Å²) in [7, 11) is 0. The molecule has 3 aromatic heterocycles. The first-order valence-corrected chi connectivity index (χ1v) is 13.8. The van der Waals surface area contributed by atoms with Gasteiger partial charge in [-0.15, -0.1) is 21.5 Å². The molecule has 1 N–H and O–H groups in total. The first kappa shape index (κ1) is 26.5. The second-order valence-electron chi connectivity index (χ2n) is 9.39. The number of hydrogen-bond donors (Lipinski definition) is 1. The SMILES string of the molecule is Cc1ccc(-c2nnn(CC(=O)N(CCN3CCOCC3)C(C(=O)NCC3CCCO3)c3cccs3)n2)o1. The lowest BCUT2D eigenvalue weighted by molar-refractivity contribution is -0.142. The summed E-state index contributed by atoms with van der Waals surface area (Å²) in [6, 6.07) is 6.58. The van der Waals surface area contributed by atoms with Crippen LogP contribution in [0.3, 0.4) is 0 Å². The van der Waals surface area contributed by atoms with E-state index in [-0.39, 0.29) is 24.5 Å². The van der Waals surface area contributed by atoms with Crippen molar-refractivity contribution in [2.24, 2.45) is 0 Å². The molecule has 2 unspecified atom stereocenters. The predicted molar refractivity (Wildman–Crippen MR) is 138 cm³/mol. The third kappa shape index (κ3) is 6.65. The Bertz CT molecular complexity index is 1180. The van der Waals surface area contributed by atoms with Gasteiger partial charge in [-0.1, -0.05) is 6.07 Å². The molecule has 5 heterocycles. The number of tetrazole rings is 1. The molecule has 2 fully saturated rings. The van der Waals surface area contributed by atoms with Crippen molar-refractivity contribution in [2.45, 2.75) is 38.5 Å². The number of aryl methyl sites for hydroxylation is 1. The number of morpholine rings is 1. The van der Waals surface area contributed by atoms with Crippen LogP contribution >= 0.6 is 11.3 Å². The second kappa shape index (κ2) is 12.6. The van der Waals surface area contributed by atoms with Gasteiger partial charge in [0.2, 0.25) is 17.6 Å². The van der Waals surface area contributed by atoms with Crippen molar-refractivity contribution >= 4 is 23.2 Å². The van der Waals surface area contributed by atoms with Crippen molar-refractivity contribution in [3.05, 3.63) is 40.3 Å². The summed E-state index contributed by atoms with van der Waals surface area (Å²) in [5.41, 5.74) is 0. The number of thiophene rings is 1. The van der Waals surface area contributed by atoms with Gasteiger partial charge in [0.25, 0.3) is 0 Å². The van der Waals surface area contributed by atoms with E-state index in [0.29, 0.717) is 51.0 Å². The molecule has 0 aromatic carbocycles. The van der Waals surface area contributed by atoms with Crippen molar-refractivity contribution in [3.8, 4) is 11.6 Å². The van der Waals surface area contributed by atoms with E-state index in [4.69, 9.17) is 13.9 Å². The normalized spacial score (nSPS) is 18.9. The van der Waals surface area contributed by atoms with Crippen LogP contribution in [0.5, 0.6) is 0 Å². The van der Waals surface area contributed by atoms with E-state index in [1.807, 2.05) is 30.5 Å². The topological polar surface area (TPSA) is 128 Å². The van der Waals surface area contributed by atoms with Gasteiger partial charge in [-0.3, -0.25) is 14.5 Å². The highest BCUT2D eigenvalue weighted by Crippen LogP contribution is 2.27. The highest BCUT2D eigenvalue weighted by molar-refractivity contribution is 7.10. The van der Waals surface area contributed by atoms with Gasteiger partial charge in [-0.2, -0.15) is 4.80 Å². The van der Waals surface area contributed by atoms with Crippen molar-refractivity contribution < 1.29 is 23.5 Å². The quantitative estimate of drug-likeness (QED) is 0.383. The van der Waals surface area contributed by atoms with Gasteiger partial charge in [-0.05, 0) is 48.6 Å². The third-order valence-corrected chi connectivity index (χ3v) is 7.60. The molecule has 2 aliphatic heterocycles. The van der Waals surface area contributed by atoms with Gasteiger partial charge >= 0.3 is 0 Å². The van der Waals surface area contributed by atoms with Crippen LogP contribution in [0.4, 0.5) is 0 Å². The molecule has 0 aliphatic carbocycles. The maximum atomic E-state index is 13.8. The van der Waals surface area contributed by atoms with Crippen LogP contribution in [-0.4, -0.2) is 100 Å². The summed E-state index contributed by atoms with van der Waals surface area (Å²) < 4.78 is 16.7. The molecule has 0 radical (unpaired) electrons. The number of hydrogen-bond acceptors (Lipinski definition) is 10. The molecular formula is C25H33N7O5S. The summed E-state index contributed by atoms with van der Waals surface area (Å²) >= 11 is 1.45. The van der Waals surface area contributed by atoms with Crippen molar-refractivity contribution in [1.82, 2.24) is 35.3 Å². The summed E-state index contributed by atoms with van der Waals surface area (Å²) in [6.07, 6.45) is 1.91. The van der Waals surface area contributed by atoms with E-state index >= 15 is 0 Å². The number of amides is 2. The Labute approximate surface area is 224 Å². The average molecular weight is 544 g/mol. The van der Waals surface area contributed by atoms with Crippen LogP contribution < -0.4 is 5.32 Å². The molecule has 12 nitrogen and oxygen atoms in total. The number of carbonyl (C=O) groups excluding carboxylic acids is 2. The minimum atomic E-state index is -0.777. The Kier molecular flexibility index (Phi) is 8.79. The molecule has 2 aliphatic rings. The standard InChI is InChI=1S/C25H33N7O5S/c1-18-6-7-20(37-18)24-27-29-32(28-24)17-22(33)31(9-8-30-10-13-35-14-11-30)23(21-5-3-15-38-21)25(34)26-16-19-4-2-12-36-19/h3,5-7,15,19,23H,2,4,8-14,16-17H2,1H3,(H,26,34). The Morgan fingerprint density at radius 3 is 2.82 bits per heavy atom. The van der Waals surface area contributed by atoms with Gasteiger partial charge in [0, 0.05) is 44.2 Å². The minimum Gasteiger partial charge on any atom is -0.458 e. The van der Waals surface area contributed by atoms with E-state index in [1.165, 1.54) is 16.1 Å². The van der Waals surface area contributed by atoms with Crippen LogP contribution in [0.25, 0.3) is 11.6 Å². The van der Waals surface area contributed by atoms with Gasteiger partial charge in [-0.25, -0.2) is 0 Å². The first-order valence-electron chi connectivity index (χ1n) is 12.9. The van der Waals surface area contributed by atoms with Crippen molar-refractivity contribution in [3.63, 3.8) is 0 Å². The summed E-state index contributed by atoms with van der Waals surface area (Å²) in [5.74, 6) is 1.01. The average Bonchev–Trinajstić information content (AvgIpc) is 3.74. The molecule has 0 bridgehead atoms. The fourth-order valence-corrected chi connectivity index (χ4v) is 5.47. The van der Waals surface area contributed by atoms with E-state index in [1.54, 1.807) is 11.0 Å². The fraction of sp³-hybridized carbons (Fsp3) is 0.560. The predicted octanol–water partition coefficient (Wildman–Crippen LogP) is 1.50. The van der Waals surface area contributed by atoms with E-state index in [9.17, 15) is 9.59 Å². The van der Waals surface area contributed by atoms with E-state index in [2.05, 4.69) is 25.6 Å². The smallest absolute Gasteiger partial charge is 0.248 e.